The normalized spacial score (nSPS) is 11.4. The Bertz CT molecular complexity index is 1300. The number of carbonyl (C=O) groups excluding carboxylic acids is 2. The number of halogens is 1. The monoisotopic (exact) mass is 519 g/mol. The van der Waals surface area contributed by atoms with Gasteiger partial charge in [-0.25, -0.2) is 13.1 Å². The molecule has 0 unspecified atom stereocenters. The van der Waals surface area contributed by atoms with Crippen LogP contribution < -0.4 is 10.5 Å². The van der Waals surface area contributed by atoms with E-state index in [4.69, 9.17) is 10.5 Å². The van der Waals surface area contributed by atoms with Crippen LogP contribution in [-0.2, 0) is 22.6 Å². The molecule has 0 saturated carbocycles. The average molecular weight is 520 g/mol. The van der Waals surface area contributed by atoms with Crippen LogP contribution in [0.15, 0.2) is 46.9 Å². The van der Waals surface area contributed by atoms with Crippen molar-refractivity contribution >= 4 is 43.0 Å². The summed E-state index contributed by atoms with van der Waals surface area (Å²) in [5.74, 6) is -1.03. The molecule has 0 radical (unpaired) electrons. The third-order valence-electron chi connectivity index (χ3n) is 4.79. The Morgan fingerprint density at radius 1 is 1.16 bits per heavy atom. The molecule has 2 N–H and O–H groups in total. The summed E-state index contributed by atoms with van der Waals surface area (Å²) in [6.45, 7) is 1.35. The van der Waals surface area contributed by atoms with Gasteiger partial charge in [-0.15, -0.1) is 0 Å². The zero-order valence-electron chi connectivity index (χ0n) is 17.8. The molecule has 8 nitrogen and oxygen atoms in total. The van der Waals surface area contributed by atoms with E-state index in [0.717, 1.165) is 6.26 Å². The van der Waals surface area contributed by atoms with Crippen molar-refractivity contribution in [2.45, 2.75) is 12.7 Å². The Morgan fingerprint density at radius 2 is 1.81 bits per heavy atom. The maximum absolute atomic E-state index is 13.5. The number of aryl methyl sites for hydroxylation is 2. The smallest absolute Gasteiger partial charge is 0.223 e. The number of hydrogen-bond acceptors (Lipinski definition) is 7. The highest BCUT2D eigenvalue weighted by atomic mass is 79.9. The van der Waals surface area contributed by atoms with Crippen molar-refractivity contribution in [1.82, 2.24) is 9.78 Å². The molecular weight excluding hydrogens is 498 g/mol. The Hall–Kier alpha value is -2.98. The molecule has 1 heterocycles. The summed E-state index contributed by atoms with van der Waals surface area (Å²) in [5.41, 5.74) is 7.59. The zero-order chi connectivity index (χ0) is 23.6. The highest BCUT2D eigenvalue weighted by molar-refractivity contribution is 9.10. The first-order valence-electron chi connectivity index (χ1n) is 9.53. The molecule has 0 aliphatic rings. The van der Waals surface area contributed by atoms with Gasteiger partial charge in [-0.2, -0.15) is 5.10 Å². The molecule has 0 saturated heterocycles. The SMILES string of the molecule is Cc1nn(C)c(OCC(=O)c2ccccc2)c1C(=O)c1ccc(Br)c(N)c1CS(C)(=O)=O. The van der Waals surface area contributed by atoms with E-state index < -0.39 is 21.4 Å². The highest BCUT2D eigenvalue weighted by Crippen LogP contribution is 2.32. The third kappa shape index (κ3) is 5.08. The van der Waals surface area contributed by atoms with Crippen LogP contribution in [0.5, 0.6) is 5.88 Å². The van der Waals surface area contributed by atoms with E-state index in [1.165, 1.54) is 10.7 Å². The molecule has 0 aliphatic heterocycles. The molecule has 0 fully saturated rings. The Labute approximate surface area is 194 Å². The van der Waals surface area contributed by atoms with Gasteiger partial charge in [0.2, 0.25) is 11.7 Å². The van der Waals surface area contributed by atoms with Crippen molar-refractivity contribution in [3.05, 3.63) is 74.9 Å². The molecule has 32 heavy (non-hydrogen) atoms. The van der Waals surface area contributed by atoms with Gasteiger partial charge >= 0.3 is 0 Å². The van der Waals surface area contributed by atoms with Crippen LogP contribution in [0.2, 0.25) is 0 Å². The number of anilines is 1. The van der Waals surface area contributed by atoms with Crippen LogP contribution in [0, 0.1) is 6.92 Å². The number of nitrogens with two attached hydrogens (primary N) is 1. The first kappa shape index (κ1) is 23.7. The van der Waals surface area contributed by atoms with Crippen molar-refractivity contribution in [2.24, 2.45) is 7.05 Å². The number of rotatable bonds is 8. The van der Waals surface area contributed by atoms with Crippen LogP contribution >= 0.6 is 15.9 Å². The van der Waals surface area contributed by atoms with Crippen molar-refractivity contribution < 1.29 is 22.7 Å². The maximum Gasteiger partial charge on any atom is 0.223 e. The molecule has 0 amide bonds. The molecule has 2 aromatic carbocycles. The van der Waals surface area contributed by atoms with Crippen LogP contribution in [0.25, 0.3) is 0 Å². The fourth-order valence-electron chi connectivity index (χ4n) is 3.31. The molecule has 0 spiro atoms. The summed E-state index contributed by atoms with van der Waals surface area (Å²) in [6, 6.07) is 11.7. The van der Waals surface area contributed by atoms with Gasteiger partial charge in [0, 0.05) is 34.5 Å². The number of ether oxygens (including phenoxy) is 1. The fourth-order valence-corrected chi connectivity index (χ4v) is 4.51. The maximum atomic E-state index is 13.5. The van der Waals surface area contributed by atoms with Gasteiger partial charge in [0.05, 0.1) is 17.1 Å². The Morgan fingerprint density at radius 3 is 2.44 bits per heavy atom. The Kier molecular flexibility index (Phi) is 6.85. The number of hydrogen-bond donors (Lipinski definition) is 1. The highest BCUT2D eigenvalue weighted by Gasteiger charge is 2.27. The molecule has 0 bridgehead atoms. The van der Waals surface area contributed by atoms with Gasteiger partial charge < -0.3 is 10.5 Å². The van der Waals surface area contributed by atoms with E-state index >= 15 is 0 Å². The summed E-state index contributed by atoms with van der Waals surface area (Å²) in [5, 5.41) is 4.25. The number of ketones is 2. The predicted octanol–water partition coefficient (Wildman–Crippen LogP) is 3.11. The van der Waals surface area contributed by atoms with Crippen molar-refractivity contribution in [2.75, 3.05) is 18.6 Å². The van der Waals surface area contributed by atoms with Gasteiger partial charge in [0.1, 0.15) is 5.56 Å². The number of nitrogens with zero attached hydrogens (tertiary/aromatic N) is 2. The van der Waals surface area contributed by atoms with Crippen LogP contribution in [0.4, 0.5) is 5.69 Å². The van der Waals surface area contributed by atoms with E-state index in [2.05, 4.69) is 21.0 Å². The quantitative estimate of drug-likeness (QED) is 0.358. The molecule has 168 valence electrons. The number of nitrogen functional groups attached to an aromatic ring is 1. The summed E-state index contributed by atoms with van der Waals surface area (Å²) in [6.07, 6.45) is 1.07. The van der Waals surface area contributed by atoms with Gasteiger partial charge in [-0.1, -0.05) is 30.3 Å². The molecule has 1 aromatic heterocycles. The van der Waals surface area contributed by atoms with Gasteiger partial charge in [0.15, 0.2) is 22.2 Å². The zero-order valence-corrected chi connectivity index (χ0v) is 20.2. The average Bonchev–Trinajstić information content (AvgIpc) is 3.02. The lowest BCUT2D eigenvalue weighted by molar-refractivity contribution is 0.0908. The second-order valence-electron chi connectivity index (χ2n) is 7.35. The van der Waals surface area contributed by atoms with E-state index in [1.807, 2.05) is 0 Å². The third-order valence-corrected chi connectivity index (χ3v) is 6.29. The first-order chi connectivity index (χ1) is 15.0. The number of carbonyl (C=O) groups is 2. The number of benzene rings is 2. The molecule has 3 rings (SSSR count). The Balaban J connectivity index is 2.00. The van der Waals surface area contributed by atoms with Crippen molar-refractivity contribution in [3.63, 3.8) is 0 Å². The molecule has 3 aromatic rings. The standard InChI is InChI=1S/C22H22BrN3O5S/c1-13-19(21(28)15-9-10-17(23)20(24)16(15)12-32(3,29)30)22(26(2)25-13)31-11-18(27)14-7-5-4-6-8-14/h4-10H,11-12,24H2,1-3H3. The molecule has 0 aliphatic carbocycles. The second-order valence-corrected chi connectivity index (χ2v) is 10.3. The van der Waals surface area contributed by atoms with Crippen LogP contribution in [-0.4, -0.2) is 42.6 Å². The molecular formula is C22H22BrN3O5S. The topological polar surface area (TPSA) is 121 Å². The van der Waals surface area contributed by atoms with Crippen molar-refractivity contribution in [3.8, 4) is 5.88 Å². The van der Waals surface area contributed by atoms with Crippen molar-refractivity contribution in [1.29, 1.82) is 0 Å². The second kappa shape index (κ2) is 9.25. The summed E-state index contributed by atoms with van der Waals surface area (Å²) >= 11 is 3.28. The summed E-state index contributed by atoms with van der Waals surface area (Å²) in [4.78, 5) is 26.0. The van der Waals surface area contributed by atoms with E-state index in [0.29, 0.717) is 15.7 Å². The van der Waals surface area contributed by atoms with E-state index in [-0.39, 0.29) is 40.6 Å². The van der Waals surface area contributed by atoms with Crippen LogP contribution in [0.3, 0.4) is 0 Å². The minimum Gasteiger partial charge on any atom is -0.469 e. The summed E-state index contributed by atoms with van der Waals surface area (Å²) < 4.78 is 31.5. The number of Topliss-reactive ketones (excluding diaryl/α,β-unsaturated/α-hetero) is 1. The molecule has 10 heteroatoms. The fraction of sp³-hybridized carbons (Fsp3) is 0.227. The molecule has 0 atom stereocenters. The minimum absolute atomic E-state index is 0.114. The lowest BCUT2D eigenvalue weighted by atomic mass is 9.98. The first-order valence-corrected chi connectivity index (χ1v) is 12.4. The lowest BCUT2D eigenvalue weighted by Crippen LogP contribution is -2.16. The minimum atomic E-state index is -3.47. The lowest BCUT2D eigenvalue weighted by Gasteiger charge is -2.14. The van der Waals surface area contributed by atoms with Gasteiger partial charge in [-0.3, -0.25) is 9.59 Å². The summed E-state index contributed by atoms with van der Waals surface area (Å²) in [7, 11) is -1.87. The van der Waals surface area contributed by atoms with Crippen LogP contribution in [0.1, 0.15) is 37.5 Å². The predicted molar refractivity (Wildman–Crippen MR) is 125 cm³/mol. The van der Waals surface area contributed by atoms with E-state index in [1.54, 1.807) is 50.4 Å². The number of sulfone groups is 1. The van der Waals surface area contributed by atoms with E-state index in [9.17, 15) is 18.0 Å². The van der Waals surface area contributed by atoms with Gasteiger partial charge in [0.25, 0.3) is 0 Å². The van der Waals surface area contributed by atoms with Gasteiger partial charge in [-0.05, 0) is 35.0 Å². The largest absolute Gasteiger partial charge is 0.469 e. The number of aromatic nitrogens is 2.